The lowest BCUT2D eigenvalue weighted by atomic mass is 10.2. The number of benzene rings is 1. The second-order valence-electron chi connectivity index (χ2n) is 4.62. The van der Waals surface area contributed by atoms with Gasteiger partial charge < -0.3 is 24.5 Å². The zero-order valence-corrected chi connectivity index (χ0v) is 11.1. The fourth-order valence-corrected chi connectivity index (χ4v) is 2.34. The summed E-state index contributed by atoms with van der Waals surface area (Å²) in [6, 6.07) is 2.91. The zero-order chi connectivity index (χ0) is 14.1. The molecule has 108 valence electrons. The van der Waals surface area contributed by atoms with Gasteiger partial charge in [-0.05, 0) is 0 Å². The molecule has 2 heterocycles. The van der Waals surface area contributed by atoms with E-state index in [1.807, 2.05) is 0 Å². The van der Waals surface area contributed by atoms with Crippen LogP contribution in [0.15, 0.2) is 12.1 Å². The third kappa shape index (κ3) is 2.30. The topological polar surface area (TPSA) is 71.5 Å². The molecule has 1 saturated heterocycles. The van der Waals surface area contributed by atoms with Crippen LogP contribution in [0.5, 0.6) is 5.75 Å². The normalized spacial score (nSPS) is 19.4. The largest absolute Gasteiger partial charge is 0.494 e. The Morgan fingerprint density at radius 3 is 3.05 bits per heavy atom. The van der Waals surface area contributed by atoms with Gasteiger partial charge in [0.1, 0.15) is 0 Å². The number of halogens is 1. The maximum atomic E-state index is 13.7. The van der Waals surface area contributed by atoms with Crippen molar-refractivity contribution in [1.29, 1.82) is 0 Å². The molecule has 1 aromatic heterocycles. The van der Waals surface area contributed by atoms with Crippen LogP contribution < -0.4 is 10.5 Å². The molecule has 1 unspecified atom stereocenters. The molecule has 3 rings (SSSR count). The third-order valence-corrected chi connectivity index (χ3v) is 3.32. The SMILES string of the molecule is COc1cc2c(cc1F)nc(N)n2CC1COCCO1. The molecule has 1 atom stereocenters. The lowest BCUT2D eigenvalue weighted by molar-refractivity contribution is -0.0930. The highest BCUT2D eigenvalue weighted by Gasteiger charge is 2.19. The molecule has 0 radical (unpaired) electrons. The predicted octanol–water partition coefficient (Wildman–Crippen LogP) is 1.18. The minimum absolute atomic E-state index is 0.0838. The number of nitrogen functional groups attached to an aromatic ring is 1. The second-order valence-corrected chi connectivity index (χ2v) is 4.62. The Morgan fingerprint density at radius 2 is 2.35 bits per heavy atom. The molecular weight excluding hydrogens is 265 g/mol. The summed E-state index contributed by atoms with van der Waals surface area (Å²) < 4.78 is 31.4. The van der Waals surface area contributed by atoms with Gasteiger partial charge in [-0.25, -0.2) is 9.37 Å². The van der Waals surface area contributed by atoms with Gasteiger partial charge in [0.25, 0.3) is 0 Å². The van der Waals surface area contributed by atoms with Crippen LogP contribution in [0.3, 0.4) is 0 Å². The summed E-state index contributed by atoms with van der Waals surface area (Å²) >= 11 is 0. The van der Waals surface area contributed by atoms with E-state index in [1.54, 1.807) is 10.6 Å². The second kappa shape index (κ2) is 5.26. The van der Waals surface area contributed by atoms with Crippen molar-refractivity contribution < 1.29 is 18.6 Å². The van der Waals surface area contributed by atoms with Crippen LogP contribution in [0.25, 0.3) is 11.0 Å². The minimum Gasteiger partial charge on any atom is -0.494 e. The summed E-state index contributed by atoms with van der Waals surface area (Å²) in [6.45, 7) is 2.19. The lowest BCUT2D eigenvalue weighted by Gasteiger charge is -2.23. The molecule has 0 aliphatic carbocycles. The van der Waals surface area contributed by atoms with Crippen molar-refractivity contribution in [2.75, 3.05) is 32.7 Å². The van der Waals surface area contributed by atoms with Crippen molar-refractivity contribution >= 4 is 17.0 Å². The van der Waals surface area contributed by atoms with Gasteiger partial charge in [-0.15, -0.1) is 0 Å². The summed E-state index contributed by atoms with van der Waals surface area (Å²) in [4.78, 5) is 4.16. The monoisotopic (exact) mass is 281 g/mol. The van der Waals surface area contributed by atoms with E-state index in [9.17, 15) is 4.39 Å². The maximum absolute atomic E-state index is 13.7. The summed E-state index contributed by atoms with van der Waals surface area (Å²) in [5, 5.41) is 0. The summed E-state index contributed by atoms with van der Waals surface area (Å²) in [5.74, 6) is 0.0307. The molecule has 1 aliphatic heterocycles. The number of aromatic nitrogens is 2. The van der Waals surface area contributed by atoms with Gasteiger partial charge in [-0.1, -0.05) is 0 Å². The van der Waals surface area contributed by atoms with Crippen LogP contribution >= 0.6 is 0 Å². The van der Waals surface area contributed by atoms with Crippen LogP contribution in [-0.2, 0) is 16.0 Å². The zero-order valence-electron chi connectivity index (χ0n) is 11.1. The number of hydrogen-bond donors (Lipinski definition) is 1. The predicted molar refractivity (Wildman–Crippen MR) is 71.2 cm³/mol. The van der Waals surface area contributed by atoms with Crippen LogP contribution in [0.4, 0.5) is 10.3 Å². The van der Waals surface area contributed by atoms with Gasteiger partial charge >= 0.3 is 0 Å². The molecule has 2 N–H and O–H groups in total. The maximum Gasteiger partial charge on any atom is 0.201 e. The number of imidazole rings is 1. The molecule has 0 spiro atoms. The fraction of sp³-hybridized carbons (Fsp3) is 0.462. The van der Waals surface area contributed by atoms with Crippen molar-refractivity contribution in [3.8, 4) is 5.75 Å². The smallest absolute Gasteiger partial charge is 0.201 e. The summed E-state index contributed by atoms with van der Waals surface area (Å²) in [7, 11) is 1.42. The van der Waals surface area contributed by atoms with Gasteiger partial charge in [0.05, 0.1) is 50.6 Å². The van der Waals surface area contributed by atoms with Crippen molar-refractivity contribution in [1.82, 2.24) is 9.55 Å². The van der Waals surface area contributed by atoms with Crippen LogP contribution in [0.1, 0.15) is 0 Å². The Bertz CT molecular complexity index is 623. The van der Waals surface area contributed by atoms with Crippen LogP contribution in [-0.4, -0.2) is 42.6 Å². The van der Waals surface area contributed by atoms with Crippen LogP contribution in [0, 0.1) is 5.82 Å². The van der Waals surface area contributed by atoms with E-state index in [0.29, 0.717) is 37.8 Å². The van der Waals surface area contributed by atoms with Gasteiger partial charge in [-0.2, -0.15) is 0 Å². The average molecular weight is 281 g/mol. The molecular formula is C13H16FN3O3. The van der Waals surface area contributed by atoms with Crippen LogP contribution in [0.2, 0.25) is 0 Å². The van der Waals surface area contributed by atoms with Crippen molar-refractivity contribution in [3.63, 3.8) is 0 Å². The number of fused-ring (bicyclic) bond motifs is 1. The Balaban J connectivity index is 1.98. The molecule has 1 aromatic carbocycles. The Hall–Kier alpha value is -1.86. The number of methoxy groups -OCH3 is 1. The van der Waals surface area contributed by atoms with E-state index in [4.69, 9.17) is 19.9 Å². The van der Waals surface area contributed by atoms with E-state index in [1.165, 1.54) is 13.2 Å². The highest BCUT2D eigenvalue weighted by Crippen LogP contribution is 2.26. The molecule has 1 aliphatic rings. The van der Waals surface area contributed by atoms with Gasteiger partial charge in [0.2, 0.25) is 5.95 Å². The molecule has 0 bridgehead atoms. The van der Waals surface area contributed by atoms with Gasteiger partial charge in [0, 0.05) is 12.1 Å². The standard InChI is InChI=1S/C13H16FN3O3/c1-18-12-5-11-10(4-9(12)14)16-13(15)17(11)6-8-7-19-2-3-20-8/h4-5,8H,2-3,6-7H2,1H3,(H2,15,16). The first-order valence-corrected chi connectivity index (χ1v) is 6.37. The number of nitrogens with two attached hydrogens (primary N) is 1. The van der Waals surface area contributed by atoms with E-state index in [0.717, 1.165) is 5.52 Å². The Morgan fingerprint density at radius 1 is 1.50 bits per heavy atom. The van der Waals surface area contributed by atoms with Crippen molar-refractivity contribution in [2.24, 2.45) is 0 Å². The Labute approximate surface area is 115 Å². The molecule has 6 nitrogen and oxygen atoms in total. The Kier molecular flexibility index (Phi) is 3.45. The quantitative estimate of drug-likeness (QED) is 0.914. The van der Waals surface area contributed by atoms with E-state index < -0.39 is 5.82 Å². The third-order valence-electron chi connectivity index (χ3n) is 3.32. The number of hydrogen-bond acceptors (Lipinski definition) is 5. The highest BCUT2D eigenvalue weighted by atomic mass is 19.1. The number of anilines is 1. The van der Waals surface area contributed by atoms with Crippen molar-refractivity contribution in [3.05, 3.63) is 17.9 Å². The molecule has 0 saturated carbocycles. The first-order chi connectivity index (χ1) is 9.69. The number of ether oxygens (including phenoxy) is 3. The first kappa shape index (κ1) is 13.1. The van der Waals surface area contributed by atoms with E-state index in [2.05, 4.69) is 4.98 Å². The minimum atomic E-state index is -0.457. The molecule has 7 heteroatoms. The number of nitrogens with zero attached hydrogens (tertiary/aromatic N) is 2. The molecule has 0 amide bonds. The van der Waals surface area contributed by atoms with Gasteiger partial charge in [-0.3, -0.25) is 0 Å². The van der Waals surface area contributed by atoms with Gasteiger partial charge in [0.15, 0.2) is 11.6 Å². The fourth-order valence-electron chi connectivity index (χ4n) is 2.34. The first-order valence-electron chi connectivity index (χ1n) is 6.37. The number of rotatable bonds is 3. The molecule has 20 heavy (non-hydrogen) atoms. The average Bonchev–Trinajstić information content (AvgIpc) is 2.74. The highest BCUT2D eigenvalue weighted by molar-refractivity contribution is 5.80. The summed E-state index contributed by atoms with van der Waals surface area (Å²) in [6.07, 6.45) is -0.0838. The summed E-state index contributed by atoms with van der Waals surface area (Å²) in [5.41, 5.74) is 7.12. The lowest BCUT2D eigenvalue weighted by Crippen LogP contribution is -2.32. The van der Waals surface area contributed by atoms with E-state index in [-0.39, 0.29) is 11.9 Å². The molecule has 2 aromatic rings. The molecule has 1 fully saturated rings. The van der Waals surface area contributed by atoms with Crippen molar-refractivity contribution in [2.45, 2.75) is 12.6 Å². The van der Waals surface area contributed by atoms with E-state index >= 15 is 0 Å².